The molecule has 1 heterocycles. The van der Waals surface area contributed by atoms with E-state index in [0.29, 0.717) is 6.42 Å². The average Bonchev–Trinajstić information content (AvgIpc) is 2.37. The van der Waals surface area contributed by atoms with Crippen molar-refractivity contribution in [1.82, 2.24) is 10.6 Å². The van der Waals surface area contributed by atoms with E-state index in [0.717, 1.165) is 29.8 Å². The van der Waals surface area contributed by atoms with Gasteiger partial charge in [0, 0.05) is 18.7 Å². The van der Waals surface area contributed by atoms with Gasteiger partial charge in [0.05, 0.1) is 12.6 Å². The molecule has 4 nitrogen and oxygen atoms in total. The fourth-order valence-corrected chi connectivity index (χ4v) is 2.03. The van der Waals surface area contributed by atoms with Gasteiger partial charge in [-0.25, -0.2) is 0 Å². The van der Waals surface area contributed by atoms with Crippen molar-refractivity contribution in [1.29, 1.82) is 0 Å². The van der Waals surface area contributed by atoms with Gasteiger partial charge in [-0.3, -0.25) is 4.79 Å². The summed E-state index contributed by atoms with van der Waals surface area (Å²) in [6, 6.07) is 9.62. The van der Waals surface area contributed by atoms with Crippen LogP contribution in [0, 0.1) is 0 Å². The van der Waals surface area contributed by atoms with E-state index in [9.17, 15) is 9.90 Å². The molecule has 0 aromatic heterocycles. The van der Waals surface area contributed by atoms with Crippen LogP contribution >= 0.6 is 0 Å². The van der Waals surface area contributed by atoms with Gasteiger partial charge < -0.3 is 15.7 Å². The lowest BCUT2D eigenvalue weighted by Gasteiger charge is -2.23. The van der Waals surface area contributed by atoms with Crippen LogP contribution in [-0.4, -0.2) is 36.8 Å². The standard InChI is InChI=1S/C15H20N2O2/c1-11(13-8-16-9-13)15(19)17-14(10-18)7-12-5-3-2-4-6-12/h2-6,14,16,18H,7-10H2,1H3,(H,17,19)/t14-/m1/s1. The summed E-state index contributed by atoms with van der Waals surface area (Å²) in [7, 11) is 0. The van der Waals surface area contributed by atoms with E-state index in [1.165, 1.54) is 0 Å². The van der Waals surface area contributed by atoms with Gasteiger partial charge in [-0.1, -0.05) is 30.3 Å². The summed E-state index contributed by atoms with van der Waals surface area (Å²) in [5.41, 5.74) is 3.02. The van der Waals surface area contributed by atoms with Crippen molar-refractivity contribution in [3.8, 4) is 0 Å². The van der Waals surface area contributed by atoms with Crippen LogP contribution < -0.4 is 10.6 Å². The van der Waals surface area contributed by atoms with E-state index >= 15 is 0 Å². The fraction of sp³-hybridized carbons (Fsp3) is 0.400. The summed E-state index contributed by atoms with van der Waals surface area (Å²) in [4.78, 5) is 12.0. The Labute approximate surface area is 113 Å². The van der Waals surface area contributed by atoms with E-state index in [-0.39, 0.29) is 18.6 Å². The van der Waals surface area contributed by atoms with Gasteiger partial charge in [0.2, 0.25) is 5.91 Å². The molecule has 0 radical (unpaired) electrons. The number of amides is 1. The second kappa shape index (κ2) is 6.50. The Bertz CT molecular complexity index is 462. The summed E-state index contributed by atoms with van der Waals surface area (Å²) in [6.45, 7) is 3.37. The number of nitrogens with one attached hydrogen (secondary N) is 2. The highest BCUT2D eigenvalue weighted by atomic mass is 16.3. The Morgan fingerprint density at radius 1 is 1.37 bits per heavy atom. The zero-order valence-corrected chi connectivity index (χ0v) is 11.1. The minimum absolute atomic E-state index is 0.0541. The largest absolute Gasteiger partial charge is 0.394 e. The molecule has 0 aliphatic carbocycles. The number of carbonyl (C=O) groups is 1. The molecule has 1 aromatic rings. The molecular formula is C15H20N2O2. The van der Waals surface area contributed by atoms with Gasteiger partial charge in [-0.2, -0.15) is 0 Å². The molecule has 0 bridgehead atoms. The van der Waals surface area contributed by atoms with Gasteiger partial charge in [-0.15, -0.1) is 0 Å². The van der Waals surface area contributed by atoms with Crippen molar-refractivity contribution >= 4 is 5.91 Å². The highest BCUT2D eigenvalue weighted by Gasteiger charge is 2.18. The van der Waals surface area contributed by atoms with Crippen molar-refractivity contribution in [2.24, 2.45) is 0 Å². The first kappa shape index (κ1) is 13.8. The molecule has 1 fully saturated rings. The normalized spacial score (nSPS) is 15.6. The van der Waals surface area contributed by atoms with Crippen molar-refractivity contribution in [2.75, 3.05) is 19.7 Å². The Hall–Kier alpha value is -1.65. The molecule has 4 heteroatoms. The van der Waals surface area contributed by atoms with Gasteiger partial charge in [-0.05, 0) is 24.5 Å². The maximum atomic E-state index is 12.0. The second-order valence-electron chi connectivity index (χ2n) is 4.87. The Kier molecular flexibility index (Phi) is 4.71. The molecule has 0 saturated carbocycles. The lowest BCUT2D eigenvalue weighted by Crippen LogP contribution is -2.42. The molecule has 0 spiro atoms. The lowest BCUT2D eigenvalue weighted by molar-refractivity contribution is -0.118. The molecule has 19 heavy (non-hydrogen) atoms. The SMILES string of the molecule is CC(C(=O)N[C@@H](CO)Cc1ccccc1)=C1CNC1. The first-order valence-electron chi connectivity index (χ1n) is 6.55. The van der Waals surface area contributed by atoms with Gasteiger partial charge >= 0.3 is 0 Å². The quantitative estimate of drug-likeness (QED) is 0.680. The molecular weight excluding hydrogens is 240 g/mol. The molecule has 102 valence electrons. The van der Waals surface area contributed by atoms with Crippen molar-refractivity contribution in [2.45, 2.75) is 19.4 Å². The average molecular weight is 260 g/mol. The van der Waals surface area contributed by atoms with Crippen LogP contribution in [0.25, 0.3) is 0 Å². The predicted octanol–water partition coefficient (Wildman–Crippen LogP) is 0.626. The van der Waals surface area contributed by atoms with Crippen LogP contribution in [0.2, 0.25) is 0 Å². The molecule has 3 N–H and O–H groups in total. The smallest absolute Gasteiger partial charge is 0.247 e. The van der Waals surface area contributed by atoms with Crippen LogP contribution in [0.4, 0.5) is 0 Å². The summed E-state index contributed by atoms with van der Waals surface area (Å²) in [5.74, 6) is -0.0773. The fourth-order valence-electron chi connectivity index (χ4n) is 2.03. The van der Waals surface area contributed by atoms with Crippen molar-refractivity contribution < 1.29 is 9.90 Å². The Balaban J connectivity index is 1.94. The van der Waals surface area contributed by atoms with Crippen LogP contribution in [-0.2, 0) is 11.2 Å². The number of carbonyl (C=O) groups excluding carboxylic acids is 1. The zero-order valence-electron chi connectivity index (χ0n) is 11.1. The maximum absolute atomic E-state index is 12.0. The monoisotopic (exact) mass is 260 g/mol. The van der Waals surface area contributed by atoms with E-state index in [1.807, 2.05) is 37.3 Å². The highest BCUT2D eigenvalue weighted by molar-refractivity contribution is 5.94. The molecule has 1 atom stereocenters. The number of hydrogen-bond donors (Lipinski definition) is 3. The summed E-state index contributed by atoms with van der Waals surface area (Å²) in [5, 5.41) is 15.4. The third-order valence-electron chi connectivity index (χ3n) is 3.43. The topological polar surface area (TPSA) is 61.4 Å². The van der Waals surface area contributed by atoms with Crippen LogP contribution in [0.1, 0.15) is 12.5 Å². The van der Waals surface area contributed by atoms with E-state index in [1.54, 1.807) is 0 Å². The van der Waals surface area contributed by atoms with Crippen molar-refractivity contribution in [3.63, 3.8) is 0 Å². The molecule has 1 saturated heterocycles. The molecule has 0 unspecified atom stereocenters. The molecule has 1 aliphatic rings. The number of aliphatic hydroxyl groups is 1. The highest BCUT2D eigenvalue weighted by Crippen LogP contribution is 2.10. The third-order valence-corrected chi connectivity index (χ3v) is 3.43. The number of hydrogen-bond acceptors (Lipinski definition) is 3. The van der Waals surface area contributed by atoms with Gasteiger partial charge in [0.1, 0.15) is 0 Å². The van der Waals surface area contributed by atoms with Crippen LogP contribution in [0.3, 0.4) is 0 Å². The Morgan fingerprint density at radius 3 is 2.58 bits per heavy atom. The summed E-state index contributed by atoms with van der Waals surface area (Å²) >= 11 is 0. The summed E-state index contributed by atoms with van der Waals surface area (Å²) < 4.78 is 0. The minimum atomic E-state index is -0.238. The summed E-state index contributed by atoms with van der Waals surface area (Å²) in [6.07, 6.45) is 0.643. The lowest BCUT2D eigenvalue weighted by atomic mass is 10.0. The molecule has 1 aromatic carbocycles. The molecule has 1 amide bonds. The van der Waals surface area contributed by atoms with Gasteiger partial charge in [0.15, 0.2) is 0 Å². The van der Waals surface area contributed by atoms with Crippen LogP contribution in [0.5, 0.6) is 0 Å². The van der Waals surface area contributed by atoms with Crippen molar-refractivity contribution in [3.05, 3.63) is 47.0 Å². The second-order valence-corrected chi connectivity index (χ2v) is 4.87. The number of benzene rings is 1. The molecule has 1 aliphatic heterocycles. The first-order chi connectivity index (χ1) is 9.20. The zero-order chi connectivity index (χ0) is 13.7. The maximum Gasteiger partial charge on any atom is 0.247 e. The molecule has 2 rings (SSSR count). The van der Waals surface area contributed by atoms with E-state index in [4.69, 9.17) is 0 Å². The van der Waals surface area contributed by atoms with E-state index < -0.39 is 0 Å². The third kappa shape index (κ3) is 3.66. The predicted molar refractivity (Wildman–Crippen MR) is 74.7 cm³/mol. The minimum Gasteiger partial charge on any atom is -0.394 e. The number of rotatable bonds is 5. The first-order valence-corrected chi connectivity index (χ1v) is 6.55. The van der Waals surface area contributed by atoms with Gasteiger partial charge in [0.25, 0.3) is 0 Å². The van der Waals surface area contributed by atoms with Crippen LogP contribution in [0.15, 0.2) is 41.5 Å². The van der Waals surface area contributed by atoms with E-state index in [2.05, 4.69) is 10.6 Å². The number of aliphatic hydroxyl groups excluding tert-OH is 1. The Morgan fingerprint density at radius 2 is 2.05 bits per heavy atom.